The Hall–Kier alpha value is -0.910. The predicted molar refractivity (Wildman–Crippen MR) is 124 cm³/mol. The summed E-state index contributed by atoms with van der Waals surface area (Å²) in [6, 6.07) is 0. The van der Waals surface area contributed by atoms with Gasteiger partial charge in [0.2, 0.25) is 5.79 Å². The third-order valence-electron chi connectivity index (χ3n) is 4.78. The largest absolute Gasteiger partial charge is 0.379 e. The molecule has 2 heterocycles. The standard InChI is InChI=1S/C20H34N4O4S2/c1-5-7-9-26-13-15-14(27-10-8-6-2)11-20(25,28-15)16-12-22-17(23-16)18(29-3)24-19(21)30-4/h12,14-15,21,25H,5-11,13H2,1-4H3,(H,22,23)/b21-19?,24-18+/t14-,15+,20+/m0/s1. The van der Waals surface area contributed by atoms with E-state index in [1.165, 1.54) is 23.5 Å². The Kier molecular flexibility index (Phi) is 10.8. The van der Waals surface area contributed by atoms with Crippen LogP contribution < -0.4 is 0 Å². The SMILES string of the molecule is CCCCOC[C@H]1O[C@@](O)(c2cnc(/C(=N\C(=N)SC)SC)[nH]2)C[C@@H]1OCCCC. The highest BCUT2D eigenvalue weighted by molar-refractivity contribution is 8.15. The van der Waals surface area contributed by atoms with Crippen molar-refractivity contribution in [2.45, 2.75) is 63.9 Å². The van der Waals surface area contributed by atoms with E-state index in [2.05, 4.69) is 28.8 Å². The number of thioether (sulfide) groups is 2. The van der Waals surface area contributed by atoms with Gasteiger partial charge in [0.05, 0.1) is 24.6 Å². The third-order valence-corrected chi connectivity index (χ3v) is 5.93. The van der Waals surface area contributed by atoms with Crippen LogP contribution in [0, 0.1) is 5.41 Å². The number of ether oxygens (including phenoxy) is 3. The maximum Gasteiger partial charge on any atom is 0.212 e. The van der Waals surface area contributed by atoms with Gasteiger partial charge < -0.3 is 24.3 Å². The summed E-state index contributed by atoms with van der Waals surface area (Å²) in [5.74, 6) is -1.03. The Balaban J connectivity index is 2.13. The molecule has 0 amide bonds. The molecule has 1 aliphatic heterocycles. The number of imidazole rings is 1. The van der Waals surface area contributed by atoms with Crippen molar-refractivity contribution in [2.75, 3.05) is 32.3 Å². The number of H-pyrrole nitrogens is 1. The van der Waals surface area contributed by atoms with E-state index < -0.39 is 5.79 Å². The number of aliphatic imine (C=N–C) groups is 1. The monoisotopic (exact) mass is 458 g/mol. The lowest BCUT2D eigenvalue weighted by Gasteiger charge is -2.21. The number of nitrogens with zero attached hydrogens (tertiary/aromatic N) is 2. The fraction of sp³-hybridized carbons (Fsp3) is 0.750. The number of aromatic amines is 1. The van der Waals surface area contributed by atoms with Crippen LogP contribution in [0.4, 0.5) is 0 Å². The molecule has 3 N–H and O–H groups in total. The minimum Gasteiger partial charge on any atom is -0.379 e. The van der Waals surface area contributed by atoms with E-state index in [1.54, 1.807) is 12.5 Å². The molecule has 2 rings (SSSR count). The molecule has 0 radical (unpaired) electrons. The quantitative estimate of drug-likeness (QED) is 0.263. The van der Waals surface area contributed by atoms with Gasteiger partial charge in [-0.1, -0.05) is 38.5 Å². The molecule has 170 valence electrons. The number of aliphatic hydroxyl groups is 1. The van der Waals surface area contributed by atoms with Gasteiger partial charge in [0.1, 0.15) is 11.1 Å². The highest BCUT2D eigenvalue weighted by Crippen LogP contribution is 2.38. The van der Waals surface area contributed by atoms with Crippen LogP contribution in [0.15, 0.2) is 11.2 Å². The Morgan fingerprint density at radius 1 is 1.33 bits per heavy atom. The van der Waals surface area contributed by atoms with Crippen molar-refractivity contribution in [3.63, 3.8) is 0 Å². The van der Waals surface area contributed by atoms with Crippen molar-refractivity contribution in [3.8, 4) is 0 Å². The second-order valence-electron chi connectivity index (χ2n) is 7.11. The molecule has 1 aromatic rings. The number of amidine groups is 1. The first-order chi connectivity index (χ1) is 14.5. The Bertz CT molecular complexity index is 700. The molecule has 1 aromatic heterocycles. The van der Waals surface area contributed by atoms with Gasteiger partial charge in [-0.15, -0.1) is 11.8 Å². The van der Waals surface area contributed by atoms with Crippen molar-refractivity contribution >= 4 is 33.7 Å². The molecule has 1 saturated heterocycles. The zero-order chi connectivity index (χ0) is 22.0. The van der Waals surface area contributed by atoms with Crippen LogP contribution in [0.3, 0.4) is 0 Å². The highest BCUT2D eigenvalue weighted by atomic mass is 32.2. The lowest BCUT2D eigenvalue weighted by atomic mass is 10.1. The average molecular weight is 459 g/mol. The zero-order valence-electron chi connectivity index (χ0n) is 18.3. The Morgan fingerprint density at radius 2 is 2.07 bits per heavy atom. The minimum absolute atomic E-state index is 0.196. The number of nitrogens with one attached hydrogen (secondary N) is 2. The summed E-state index contributed by atoms with van der Waals surface area (Å²) < 4.78 is 17.8. The van der Waals surface area contributed by atoms with Crippen molar-refractivity contribution in [2.24, 2.45) is 4.99 Å². The summed E-state index contributed by atoms with van der Waals surface area (Å²) in [5, 5.41) is 19.8. The maximum absolute atomic E-state index is 11.2. The van der Waals surface area contributed by atoms with Gasteiger partial charge in [-0.3, -0.25) is 5.41 Å². The van der Waals surface area contributed by atoms with Gasteiger partial charge in [-0.2, -0.15) is 0 Å². The van der Waals surface area contributed by atoms with E-state index in [0.29, 0.717) is 42.8 Å². The first-order valence-electron chi connectivity index (χ1n) is 10.4. The smallest absolute Gasteiger partial charge is 0.212 e. The van der Waals surface area contributed by atoms with Gasteiger partial charge in [0, 0.05) is 19.6 Å². The molecule has 0 aliphatic carbocycles. The Morgan fingerprint density at radius 3 is 2.73 bits per heavy atom. The van der Waals surface area contributed by atoms with E-state index in [0.717, 1.165) is 25.7 Å². The molecule has 0 bridgehead atoms. The van der Waals surface area contributed by atoms with Gasteiger partial charge >= 0.3 is 0 Å². The van der Waals surface area contributed by atoms with Crippen LogP contribution in [-0.2, 0) is 20.0 Å². The summed E-state index contributed by atoms with van der Waals surface area (Å²) in [5.41, 5.74) is 0.454. The summed E-state index contributed by atoms with van der Waals surface area (Å²) in [4.78, 5) is 11.7. The fourth-order valence-electron chi connectivity index (χ4n) is 3.05. The molecule has 1 fully saturated rings. The first-order valence-corrected chi connectivity index (χ1v) is 12.8. The van der Waals surface area contributed by atoms with Gasteiger partial charge in [0.15, 0.2) is 11.0 Å². The number of hydrogen-bond donors (Lipinski definition) is 3. The third kappa shape index (κ3) is 7.06. The second-order valence-corrected chi connectivity index (χ2v) is 8.70. The van der Waals surface area contributed by atoms with Crippen LogP contribution in [0.25, 0.3) is 0 Å². The fourth-order valence-corrected chi connectivity index (χ4v) is 3.77. The van der Waals surface area contributed by atoms with Crippen LogP contribution in [-0.4, -0.2) is 69.8 Å². The predicted octanol–water partition coefficient (Wildman–Crippen LogP) is 3.75. The highest BCUT2D eigenvalue weighted by Gasteiger charge is 2.48. The van der Waals surface area contributed by atoms with E-state index in [9.17, 15) is 5.11 Å². The summed E-state index contributed by atoms with van der Waals surface area (Å²) >= 11 is 2.64. The summed E-state index contributed by atoms with van der Waals surface area (Å²) in [7, 11) is 0. The molecule has 0 saturated carbocycles. The molecule has 10 heteroatoms. The van der Waals surface area contributed by atoms with E-state index in [1.807, 2.05) is 6.26 Å². The molecule has 0 unspecified atom stereocenters. The molecular formula is C20H34N4O4S2. The molecule has 1 aliphatic rings. The summed E-state index contributed by atoms with van der Waals surface area (Å²) in [6.07, 6.45) is 8.98. The normalized spacial score (nSPS) is 24.5. The number of aromatic nitrogens is 2. The molecule has 0 spiro atoms. The first kappa shape index (κ1) is 25.4. The lowest BCUT2D eigenvalue weighted by Crippen LogP contribution is -2.30. The topological polar surface area (TPSA) is 113 Å². The van der Waals surface area contributed by atoms with Gasteiger partial charge in [-0.25, -0.2) is 9.98 Å². The van der Waals surface area contributed by atoms with E-state index >= 15 is 0 Å². The average Bonchev–Trinajstić information content (AvgIpc) is 3.35. The number of unbranched alkanes of at least 4 members (excludes halogenated alkanes) is 2. The number of hydrogen-bond acceptors (Lipinski definition) is 8. The molecule has 0 aromatic carbocycles. The van der Waals surface area contributed by atoms with Crippen LogP contribution in [0.2, 0.25) is 0 Å². The van der Waals surface area contributed by atoms with E-state index in [4.69, 9.17) is 19.6 Å². The molecule has 8 nitrogen and oxygen atoms in total. The van der Waals surface area contributed by atoms with Crippen LogP contribution >= 0.6 is 23.5 Å². The molecular weight excluding hydrogens is 424 g/mol. The van der Waals surface area contributed by atoms with Crippen molar-refractivity contribution in [3.05, 3.63) is 17.7 Å². The van der Waals surface area contributed by atoms with Crippen molar-refractivity contribution in [1.82, 2.24) is 9.97 Å². The van der Waals surface area contributed by atoms with E-state index in [-0.39, 0.29) is 17.4 Å². The minimum atomic E-state index is -1.53. The summed E-state index contributed by atoms with van der Waals surface area (Å²) in [6.45, 7) is 5.90. The lowest BCUT2D eigenvalue weighted by molar-refractivity contribution is -0.212. The Labute approximate surface area is 187 Å². The number of rotatable bonds is 11. The van der Waals surface area contributed by atoms with Gasteiger partial charge in [-0.05, 0) is 25.4 Å². The van der Waals surface area contributed by atoms with Crippen molar-refractivity contribution < 1.29 is 19.3 Å². The maximum atomic E-state index is 11.2. The molecule has 3 atom stereocenters. The molecule has 30 heavy (non-hydrogen) atoms. The van der Waals surface area contributed by atoms with Crippen LogP contribution in [0.1, 0.15) is 57.5 Å². The van der Waals surface area contributed by atoms with Crippen molar-refractivity contribution in [1.29, 1.82) is 5.41 Å². The van der Waals surface area contributed by atoms with Gasteiger partial charge in [0.25, 0.3) is 0 Å². The van der Waals surface area contributed by atoms with Crippen LogP contribution in [0.5, 0.6) is 0 Å². The zero-order valence-corrected chi connectivity index (χ0v) is 19.9. The second kappa shape index (κ2) is 12.8.